The number of carbonyl (C=O) groups is 7. The van der Waals surface area contributed by atoms with Gasteiger partial charge in [-0.3, -0.25) is 55.7 Å². The zero-order valence-electron chi connectivity index (χ0n) is 39.6. The molecular formula is C46H50N8O17Si. The average molecular weight is 1020 g/mol. The number of aliphatic imine (C=N–C) groups is 1. The second-order valence-electron chi connectivity index (χ2n) is 17.2. The van der Waals surface area contributed by atoms with Crippen molar-refractivity contribution in [2.45, 2.75) is 71.3 Å². The van der Waals surface area contributed by atoms with Crippen molar-refractivity contribution in [1.29, 1.82) is 0 Å². The number of amides is 3. The molecule has 6 rings (SSSR count). The van der Waals surface area contributed by atoms with Gasteiger partial charge in [0.05, 0.1) is 49.5 Å². The van der Waals surface area contributed by atoms with Crippen LogP contribution < -0.4 is 10.6 Å². The van der Waals surface area contributed by atoms with Gasteiger partial charge in [0.15, 0.2) is 8.32 Å². The minimum Gasteiger partial charge on any atom is -0.413 e. The quantitative estimate of drug-likeness (QED) is 0.0179. The number of nitrogens with zero attached hydrogens (tertiary/aromatic N) is 6. The van der Waals surface area contributed by atoms with Crippen molar-refractivity contribution in [3.8, 4) is 0 Å². The molecule has 3 aliphatic heterocycles. The van der Waals surface area contributed by atoms with Crippen LogP contribution in [0.5, 0.6) is 0 Å². The van der Waals surface area contributed by atoms with E-state index >= 15 is 0 Å². The van der Waals surface area contributed by atoms with Crippen LogP contribution in [-0.4, -0.2) is 119 Å². The van der Waals surface area contributed by atoms with Crippen molar-refractivity contribution in [1.82, 2.24) is 20.4 Å². The monoisotopic (exact) mass is 1010 g/mol. The third-order valence-electron chi connectivity index (χ3n) is 13.1. The zero-order chi connectivity index (χ0) is 52.6. The van der Waals surface area contributed by atoms with Gasteiger partial charge in [-0.1, -0.05) is 27.7 Å². The summed E-state index contributed by atoms with van der Waals surface area (Å²) in [5, 5.41) is 37.5. The van der Waals surface area contributed by atoms with E-state index in [0.29, 0.717) is 25.1 Å². The van der Waals surface area contributed by atoms with Crippen LogP contribution in [0.2, 0.25) is 18.1 Å². The number of nitro groups is 3. The maximum absolute atomic E-state index is 14.1. The lowest BCUT2D eigenvalue weighted by atomic mass is 9.77. The van der Waals surface area contributed by atoms with E-state index in [1.54, 1.807) is 0 Å². The summed E-state index contributed by atoms with van der Waals surface area (Å²) in [7, 11) is -2.18. The first kappa shape index (κ1) is 53.3. The fourth-order valence-corrected chi connectivity index (χ4v) is 11.9. The smallest absolute Gasteiger partial charge is 0.413 e. The highest BCUT2D eigenvalue weighted by Gasteiger charge is 2.61. The number of rotatable bonds is 17. The van der Waals surface area contributed by atoms with E-state index in [9.17, 15) is 63.9 Å². The van der Waals surface area contributed by atoms with Crippen molar-refractivity contribution >= 4 is 73.3 Å². The van der Waals surface area contributed by atoms with Gasteiger partial charge in [0, 0.05) is 62.0 Å². The number of β-lactam (4-membered cyclic amide) rings is 1. The number of esters is 4. The largest absolute Gasteiger partial charge is 0.421 e. The van der Waals surface area contributed by atoms with E-state index in [1.165, 1.54) is 4.90 Å². The minimum atomic E-state index is -2.18. The Morgan fingerprint density at radius 1 is 0.708 bits per heavy atom. The summed E-state index contributed by atoms with van der Waals surface area (Å²) in [5.41, 5.74) is -1.13. The normalized spacial score (nSPS) is 18.7. The highest BCUT2D eigenvalue weighted by molar-refractivity contribution is 6.73. The van der Waals surface area contributed by atoms with E-state index in [-0.39, 0.29) is 64.4 Å². The molecule has 0 unspecified atom stereocenters. The molecule has 26 heteroatoms. The molecule has 0 bridgehead atoms. The molecule has 3 heterocycles. The fraction of sp³-hybridized carbons (Fsp3) is 0.391. The maximum Gasteiger partial charge on any atom is 0.421 e. The number of hydrogen-bond acceptors (Lipinski definition) is 19. The molecule has 0 aliphatic carbocycles. The second kappa shape index (κ2) is 22.8. The molecule has 3 aromatic carbocycles. The Morgan fingerprint density at radius 2 is 1.14 bits per heavy atom. The average Bonchev–Trinajstić information content (AvgIpc) is 3.91. The third-order valence-corrected chi connectivity index (χ3v) is 17.8. The third kappa shape index (κ3) is 12.1. The molecule has 2 fully saturated rings. The number of fused-ring (bicyclic) bond motifs is 1. The summed E-state index contributed by atoms with van der Waals surface area (Å²) in [6.45, 7) is 10.7. The number of non-ortho nitro benzene ring substituents is 3. The molecule has 2 saturated heterocycles. The Kier molecular flexibility index (Phi) is 16.8. The van der Waals surface area contributed by atoms with Crippen molar-refractivity contribution < 1.29 is 67.0 Å². The second-order valence-corrected chi connectivity index (χ2v) is 21.9. The van der Waals surface area contributed by atoms with Gasteiger partial charge in [-0.05, 0) is 85.9 Å². The number of ether oxygens (including phenoxy) is 3. The highest BCUT2D eigenvalue weighted by atomic mass is 28.4. The lowest BCUT2D eigenvalue weighted by Crippen LogP contribution is -2.65. The molecule has 0 saturated carbocycles. The predicted octanol–water partition coefficient (Wildman–Crippen LogP) is 6.05. The van der Waals surface area contributed by atoms with Gasteiger partial charge in [-0.25, -0.2) is 28.8 Å². The molecule has 0 aromatic heterocycles. The first-order valence-corrected chi connectivity index (χ1v) is 25.3. The van der Waals surface area contributed by atoms with Crippen LogP contribution in [0.1, 0.15) is 72.1 Å². The summed E-state index contributed by atoms with van der Waals surface area (Å²) in [4.78, 5) is 132. The molecule has 25 nitrogen and oxygen atoms in total. The van der Waals surface area contributed by atoms with E-state index < -0.39 is 89.1 Å². The molecular weight excluding hydrogens is 965 g/mol. The van der Waals surface area contributed by atoms with Gasteiger partial charge in [0.1, 0.15) is 5.70 Å². The first-order valence-electron chi connectivity index (χ1n) is 22.8. The van der Waals surface area contributed by atoms with Gasteiger partial charge < -0.3 is 23.5 Å². The lowest BCUT2D eigenvalue weighted by Gasteiger charge is -2.49. The van der Waals surface area contributed by atoms with E-state index in [2.05, 4.69) is 36.4 Å². The number of alkyl carbamates (subject to hydrolysis) is 2. The first-order chi connectivity index (χ1) is 34.2. The van der Waals surface area contributed by atoms with Crippen molar-refractivity contribution in [2.24, 2.45) is 22.7 Å². The van der Waals surface area contributed by atoms with Crippen molar-refractivity contribution in [3.05, 3.63) is 131 Å². The fourth-order valence-electron chi connectivity index (χ4n) is 8.95. The Bertz CT molecular complexity index is 2630. The number of carbonyl (C=O) groups excluding carboxylic acids is 7. The van der Waals surface area contributed by atoms with Crippen LogP contribution >= 0.6 is 0 Å². The van der Waals surface area contributed by atoms with E-state index in [1.807, 2.05) is 18.7 Å². The minimum absolute atomic E-state index is 0.0954. The van der Waals surface area contributed by atoms with Crippen molar-refractivity contribution in [3.63, 3.8) is 0 Å². The molecule has 0 spiro atoms. The number of nitrogens with one attached hydrogen (secondary N) is 2. The van der Waals surface area contributed by atoms with Gasteiger partial charge >= 0.3 is 36.1 Å². The topological polar surface area (TPSA) is 329 Å². The molecule has 72 heavy (non-hydrogen) atoms. The number of likely N-dealkylation sites (tertiary alicyclic amines) is 1. The van der Waals surface area contributed by atoms with E-state index in [0.717, 1.165) is 90.9 Å². The van der Waals surface area contributed by atoms with Gasteiger partial charge in [0.2, 0.25) is 11.9 Å². The number of nitro benzene ring substituents is 3. The standard InChI is InChI=1S/C46H50N8O17Si/c1-6-72(7-2,8-3)71-27(5)36-37-26(4)35(38(51(37)39(36)55)43(59)68-40(56)29-9-15-32(16-10-29)52(62)63)25-50-22-21-28(24-50)23-47-44(48-45(60)69-41(57)30-11-17-33(18-12-30)53(64)65)49-46(61)70-42(58)31-13-19-34(20-14-31)54(66)67/h9-20,26-28,36-37H,6-8,21-25H2,1-5H3,(H2,47,48,49,60,61)/t26-,27+,28+,36+,37+/m0/s1. The molecule has 3 aromatic rings. The Hall–Kier alpha value is -8.10. The van der Waals surface area contributed by atoms with Gasteiger partial charge in [-0.15, -0.1) is 0 Å². The van der Waals surface area contributed by atoms with Gasteiger partial charge in [-0.2, -0.15) is 0 Å². The summed E-state index contributed by atoms with van der Waals surface area (Å²) < 4.78 is 21.7. The summed E-state index contributed by atoms with van der Waals surface area (Å²) in [6, 6.07) is 14.8. The molecule has 0 radical (unpaired) electrons. The molecule has 5 atom stereocenters. The van der Waals surface area contributed by atoms with Crippen LogP contribution in [0.15, 0.2) is 89.1 Å². The highest BCUT2D eigenvalue weighted by Crippen LogP contribution is 2.49. The SMILES string of the molecule is CC[Si](CC)(CC)O[C@H](C)[C@H]1C(=O)N2C(C(=O)OC(=O)c3ccc([N+](=O)[O-])cc3)=C(CN3CC[C@H](CN=C(NC(=O)OC(=O)c4ccc([N+](=O)[O-])cc4)NC(=O)OC(=O)c4ccc([N+](=O)[O-])cc4)C3)[C@H](C)[C@H]12. The molecule has 2 N–H and O–H groups in total. The summed E-state index contributed by atoms with van der Waals surface area (Å²) in [6.07, 6.45) is -2.91. The predicted molar refractivity (Wildman–Crippen MR) is 253 cm³/mol. The summed E-state index contributed by atoms with van der Waals surface area (Å²) in [5.74, 6) is -6.92. The lowest BCUT2D eigenvalue weighted by molar-refractivity contribution is -0.385. The molecule has 380 valence electrons. The number of hydrogen-bond donors (Lipinski definition) is 2. The van der Waals surface area contributed by atoms with Crippen LogP contribution in [0.3, 0.4) is 0 Å². The summed E-state index contributed by atoms with van der Waals surface area (Å²) >= 11 is 0. The number of guanidine groups is 1. The molecule has 3 aliphatic rings. The maximum atomic E-state index is 14.1. The van der Waals surface area contributed by atoms with Crippen LogP contribution in [0.25, 0.3) is 0 Å². The van der Waals surface area contributed by atoms with Crippen LogP contribution in [-0.2, 0) is 28.2 Å². The number of benzene rings is 3. The van der Waals surface area contributed by atoms with Gasteiger partial charge in [0.25, 0.3) is 17.1 Å². The Balaban J connectivity index is 1.20. The Morgan fingerprint density at radius 3 is 1.56 bits per heavy atom. The zero-order valence-corrected chi connectivity index (χ0v) is 40.6. The van der Waals surface area contributed by atoms with Crippen LogP contribution in [0, 0.1) is 48.1 Å². The van der Waals surface area contributed by atoms with Crippen molar-refractivity contribution in [2.75, 3.05) is 26.2 Å². The van der Waals surface area contributed by atoms with E-state index in [4.69, 9.17) is 18.6 Å². The molecule has 3 amide bonds. The van der Waals surface area contributed by atoms with Crippen LogP contribution in [0.4, 0.5) is 26.7 Å². The Labute approximate surface area is 411 Å².